The predicted octanol–water partition coefficient (Wildman–Crippen LogP) is 7.98. The topological polar surface area (TPSA) is 36.6 Å². The van der Waals surface area contributed by atoms with Crippen LogP contribution in [0.15, 0.2) is 99.3 Å². The Kier molecular flexibility index (Phi) is 9.10. The van der Waals surface area contributed by atoms with Crippen LogP contribution in [-0.4, -0.2) is 18.4 Å². The zero-order valence-electron chi connectivity index (χ0n) is 21.1. The molecule has 0 unspecified atom stereocenters. The molecule has 4 rings (SSSR count). The van der Waals surface area contributed by atoms with Crippen molar-refractivity contribution in [2.45, 2.75) is 43.5 Å². The molecular formula is C30H33N2O2S2+. The Bertz CT molecular complexity index is 1340. The lowest BCUT2D eigenvalue weighted by molar-refractivity contribution is -0.676. The number of pyridine rings is 1. The molecule has 0 bridgehead atoms. The largest absolute Gasteiger partial charge is 0.335 e. The van der Waals surface area contributed by atoms with Crippen LogP contribution in [0.1, 0.15) is 31.4 Å². The van der Waals surface area contributed by atoms with E-state index in [-0.39, 0.29) is 6.61 Å². The second-order valence-corrected chi connectivity index (χ2v) is 10.6. The molecule has 2 heterocycles. The summed E-state index contributed by atoms with van der Waals surface area (Å²) in [6, 6.07) is 15.2. The van der Waals surface area contributed by atoms with Gasteiger partial charge in [0, 0.05) is 28.5 Å². The van der Waals surface area contributed by atoms with Crippen molar-refractivity contribution in [3.05, 3.63) is 101 Å². The highest BCUT2D eigenvalue weighted by atomic mass is 32.2. The van der Waals surface area contributed by atoms with Crippen LogP contribution >= 0.6 is 23.5 Å². The molecule has 4 nitrogen and oxygen atoms in total. The van der Waals surface area contributed by atoms with E-state index in [1.807, 2.05) is 17.2 Å². The van der Waals surface area contributed by atoms with E-state index in [9.17, 15) is 0 Å². The quantitative estimate of drug-likeness (QED) is 0.0970. The minimum absolute atomic E-state index is 0.255. The molecule has 6 heteroatoms. The summed E-state index contributed by atoms with van der Waals surface area (Å²) >= 11 is 3.48. The molecular weight excluding hydrogens is 484 g/mol. The highest BCUT2D eigenvalue weighted by molar-refractivity contribution is 8.04. The number of hydrogen-bond acceptors (Lipinski definition) is 5. The minimum atomic E-state index is 0.255. The minimum Gasteiger partial charge on any atom is -0.335 e. The first kappa shape index (κ1) is 26.3. The molecule has 1 aromatic heterocycles. The normalized spacial score (nSPS) is 14.8. The van der Waals surface area contributed by atoms with Gasteiger partial charge in [-0.3, -0.25) is 5.26 Å². The Hall–Kier alpha value is -2.77. The van der Waals surface area contributed by atoms with Crippen LogP contribution in [0.2, 0.25) is 0 Å². The van der Waals surface area contributed by atoms with Gasteiger partial charge in [0.15, 0.2) is 12.7 Å². The van der Waals surface area contributed by atoms with Gasteiger partial charge in [-0.1, -0.05) is 66.9 Å². The maximum Gasteiger partial charge on any atom is 0.213 e. The Morgan fingerprint density at radius 3 is 2.81 bits per heavy atom. The summed E-state index contributed by atoms with van der Waals surface area (Å²) in [4.78, 5) is 9.19. The van der Waals surface area contributed by atoms with Crippen LogP contribution in [0.5, 0.6) is 0 Å². The molecule has 1 aliphatic heterocycles. The van der Waals surface area contributed by atoms with E-state index in [1.165, 1.54) is 42.6 Å². The molecule has 186 valence electrons. The predicted molar refractivity (Wildman–Crippen MR) is 154 cm³/mol. The van der Waals surface area contributed by atoms with Crippen LogP contribution in [-0.2, 0) is 11.4 Å². The molecule has 0 radical (unpaired) electrons. The number of fused-ring (bicyclic) bond motifs is 2. The number of benzene rings is 2. The number of aryl methyl sites for hydroxylation is 1. The summed E-state index contributed by atoms with van der Waals surface area (Å²) in [5.74, 6) is 0. The zero-order valence-corrected chi connectivity index (χ0v) is 22.7. The second kappa shape index (κ2) is 12.5. The maximum atomic E-state index is 8.77. The van der Waals surface area contributed by atoms with Crippen molar-refractivity contribution in [3.8, 4) is 0 Å². The number of rotatable bonds is 10. The van der Waals surface area contributed by atoms with Gasteiger partial charge in [0.25, 0.3) is 0 Å². The molecule has 0 fully saturated rings. The average Bonchev–Trinajstić information content (AvgIpc) is 3.24. The summed E-state index contributed by atoms with van der Waals surface area (Å²) in [6.45, 7) is 12.1. The molecule has 0 atom stereocenters. The van der Waals surface area contributed by atoms with Crippen molar-refractivity contribution in [1.29, 1.82) is 0 Å². The lowest BCUT2D eigenvalue weighted by Crippen LogP contribution is -2.36. The lowest BCUT2D eigenvalue weighted by atomic mass is 10.0. The van der Waals surface area contributed by atoms with E-state index in [1.54, 1.807) is 11.8 Å². The number of thioether (sulfide) groups is 2. The smallest absolute Gasteiger partial charge is 0.213 e. The number of hydrogen-bond donors (Lipinski definition) is 1. The summed E-state index contributed by atoms with van der Waals surface area (Å²) < 4.78 is 2.11. The molecule has 3 aromatic rings. The van der Waals surface area contributed by atoms with Crippen molar-refractivity contribution < 1.29 is 14.7 Å². The Morgan fingerprint density at radius 1 is 1.19 bits per heavy atom. The number of allylic oxidation sites excluding steroid dienone is 4. The average molecular weight is 518 g/mol. The van der Waals surface area contributed by atoms with Gasteiger partial charge in [-0.15, -0.1) is 0 Å². The highest BCUT2D eigenvalue weighted by Crippen LogP contribution is 2.47. The first-order valence-corrected chi connectivity index (χ1v) is 13.9. The van der Waals surface area contributed by atoms with Gasteiger partial charge in [0.1, 0.15) is 6.61 Å². The molecule has 2 aromatic carbocycles. The lowest BCUT2D eigenvalue weighted by Gasteiger charge is -2.17. The van der Waals surface area contributed by atoms with Gasteiger partial charge in [0.05, 0.1) is 16.1 Å². The molecule has 1 aliphatic rings. The van der Waals surface area contributed by atoms with Gasteiger partial charge < -0.3 is 4.90 Å². The van der Waals surface area contributed by atoms with Crippen LogP contribution in [0.3, 0.4) is 0 Å². The Balaban J connectivity index is 1.61. The molecule has 36 heavy (non-hydrogen) atoms. The fourth-order valence-electron chi connectivity index (χ4n) is 4.32. The first-order chi connectivity index (χ1) is 17.6. The summed E-state index contributed by atoms with van der Waals surface area (Å²) in [6.07, 6.45) is 11.9. The van der Waals surface area contributed by atoms with Crippen LogP contribution in [0.4, 0.5) is 5.69 Å². The van der Waals surface area contributed by atoms with Crippen molar-refractivity contribution in [2.75, 3.05) is 18.1 Å². The molecule has 0 aliphatic carbocycles. The van der Waals surface area contributed by atoms with E-state index in [0.29, 0.717) is 6.54 Å². The molecule has 0 saturated carbocycles. The van der Waals surface area contributed by atoms with Gasteiger partial charge in [-0.2, -0.15) is 4.57 Å². The first-order valence-electron chi connectivity index (χ1n) is 12.2. The Morgan fingerprint density at radius 2 is 2.06 bits per heavy atom. The molecule has 0 saturated heterocycles. The zero-order chi connectivity index (χ0) is 25.5. The monoisotopic (exact) mass is 517 g/mol. The van der Waals surface area contributed by atoms with Gasteiger partial charge in [-0.25, -0.2) is 4.89 Å². The van der Waals surface area contributed by atoms with Gasteiger partial charge >= 0.3 is 0 Å². The van der Waals surface area contributed by atoms with Crippen molar-refractivity contribution in [3.63, 3.8) is 0 Å². The van der Waals surface area contributed by atoms with Crippen LogP contribution in [0.25, 0.3) is 17.0 Å². The summed E-state index contributed by atoms with van der Waals surface area (Å²) in [5, 5.41) is 13.1. The number of nitrogens with zero attached hydrogens (tertiary/aromatic N) is 2. The molecule has 0 spiro atoms. The third-order valence-corrected chi connectivity index (χ3v) is 8.00. The molecule has 1 N–H and O–H groups in total. The summed E-state index contributed by atoms with van der Waals surface area (Å²) in [5.41, 5.74) is 6.06. The SMILES string of the molecule is C=CSc1ccc2c(c1)SC(=CC=C(C=Cc1cc[n+](CCOO)c3ccc(C)cc13)CC)N2CC. The Labute approximate surface area is 222 Å². The fourth-order valence-corrected chi connectivity index (χ4v) is 6.09. The highest BCUT2D eigenvalue weighted by Gasteiger charge is 2.23. The van der Waals surface area contributed by atoms with Crippen molar-refractivity contribution in [2.24, 2.45) is 0 Å². The standard InChI is InChI=1S/C30H32N2O2S2/c1-5-23(10-15-30-32(6-2)28-14-12-25(35-7-3)21-29(28)36-30)9-11-24-16-17-31(18-19-34-33)27-13-8-22(4)20-26(24)27/h7-17,20-21H,3,5-6,18-19H2,1-2,4H3/p+1. The van der Waals surface area contributed by atoms with Gasteiger partial charge in [0.2, 0.25) is 5.52 Å². The summed E-state index contributed by atoms with van der Waals surface area (Å²) in [7, 11) is 0. The number of aromatic nitrogens is 1. The fraction of sp³-hybridized carbons (Fsp3) is 0.233. The van der Waals surface area contributed by atoms with E-state index in [4.69, 9.17) is 5.26 Å². The number of anilines is 1. The third kappa shape index (κ3) is 5.95. The van der Waals surface area contributed by atoms with Crippen molar-refractivity contribution >= 4 is 46.2 Å². The van der Waals surface area contributed by atoms with Crippen LogP contribution in [0, 0.1) is 6.92 Å². The van der Waals surface area contributed by atoms with Gasteiger partial charge in [-0.05, 0) is 67.2 Å². The second-order valence-electron chi connectivity index (χ2n) is 8.51. The van der Waals surface area contributed by atoms with E-state index in [2.05, 4.69) is 115 Å². The van der Waals surface area contributed by atoms with Crippen molar-refractivity contribution in [1.82, 2.24) is 0 Å². The third-order valence-electron chi connectivity index (χ3n) is 6.19. The van der Waals surface area contributed by atoms with E-state index < -0.39 is 0 Å². The maximum absolute atomic E-state index is 8.77. The van der Waals surface area contributed by atoms with E-state index >= 15 is 0 Å². The van der Waals surface area contributed by atoms with E-state index in [0.717, 1.165) is 18.5 Å². The van der Waals surface area contributed by atoms with Crippen LogP contribution < -0.4 is 9.47 Å². The molecule has 0 amide bonds.